The lowest BCUT2D eigenvalue weighted by atomic mass is 9.96. The van der Waals surface area contributed by atoms with Gasteiger partial charge < -0.3 is 19.1 Å². The van der Waals surface area contributed by atoms with E-state index >= 15 is 0 Å². The number of nitrogens with zero attached hydrogens (tertiary/aromatic N) is 3. The van der Waals surface area contributed by atoms with Crippen molar-refractivity contribution in [3.8, 4) is 5.75 Å². The average Bonchev–Trinajstić information content (AvgIpc) is 3.46. The summed E-state index contributed by atoms with van der Waals surface area (Å²) in [4.78, 5) is 27.8. The van der Waals surface area contributed by atoms with E-state index in [4.69, 9.17) is 25.8 Å². The topological polar surface area (TPSA) is 82.9 Å². The minimum Gasteiger partial charge on any atom is -0.458 e. The number of benzene rings is 1. The number of carbonyl (C=O) groups is 2. The van der Waals surface area contributed by atoms with Crippen LogP contribution in [0, 0.1) is 5.92 Å². The van der Waals surface area contributed by atoms with Crippen molar-refractivity contribution in [2.45, 2.75) is 65.0 Å². The molecular weight excluding hydrogens is 470 g/mol. The highest BCUT2D eigenvalue weighted by Crippen LogP contribution is 2.28. The van der Waals surface area contributed by atoms with Gasteiger partial charge in [0.1, 0.15) is 17.6 Å². The fraction of sp³-hybridized carbons (Fsp3) is 0.500. The van der Waals surface area contributed by atoms with Gasteiger partial charge in [-0.15, -0.1) is 0 Å². The first-order valence-corrected chi connectivity index (χ1v) is 12.3. The second-order valence-electron chi connectivity index (χ2n) is 9.88. The van der Waals surface area contributed by atoms with Crippen LogP contribution in [-0.4, -0.2) is 57.5 Å². The maximum absolute atomic E-state index is 13.4. The molecular formula is C26H32ClN3O5. The van der Waals surface area contributed by atoms with Crippen LogP contribution in [0.15, 0.2) is 48.4 Å². The third kappa shape index (κ3) is 6.51. The van der Waals surface area contributed by atoms with Gasteiger partial charge in [0.2, 0.25) is 0 Å². The van der Waals surface area contributed by atoms with Gasteiger partial charge in [-0.2, -0.15) is 5.10 Å². The van der Waals surface area contributed by atoms with E-state index in [9.17, 15) is 9.59 Å². The summed E-state index contributed by atoms with van der Waals surface area (Å²) in [7, 11) is 0. The van der Waals surface area contributed by atoms with E-state index in [0.29, 0.717) is 41.8 Å². The summed E-state index contributed by atoms with van der Waals surface area (Å²) in [5, 5.41) is 5.01. The molecule has 35 heavy (non-hydrogen) atoms. The molecule has 0 radical (unpaired) electrons. The Kier molecular flexibility index (Phi) is 7.64. The lowest BCUT2D eigenvalue weighted by Gasteiger charge is -2.28. The summed E-state index contributed by atoms with van der Waals surface area (Å²) in [5.74, 6) is 0.295. The monoisotopic (exact) mass is 501 g/mol. The van der Waals surface area contributed by atoms with Gasteiger partial charge in [-0.3, -0.25) is 14.3 Å². The third-order valence-electron chi connectivity index (χ3n) is 5.92. The van der Waals surface area contributed by atoms with E-state index in [1.807, 2.05) is 52.1 Å². The van der Waals surface area contributed by atoms with Crippen molar-refractivity contribution in [1.29, 1.82) is 0 Å². The quantitative estimate of drug-likeness (QED) is 0.489. The Morgan fingerprint density at radius 1 is 1.29 bits per heavy atom. The molecule has 0 saturated carbocycles. The Balaban J connectivity index is 1.40. The Morgan fingerprint density at radius 3 is 2.74 bits per heavy atom. The Bertz CT molecular complexity index is 1110. The zero-order valence-electron chi connectivity index (χ0n) is 20.6. The molecule has 4 rings (SSSR count). The van der Waals surface area contributed by atoms with Gasteiger partial charge in [0.15, 0.2) is 11.6 Å². The molecule has 0 bridgehead atoms. The van der Waals surface area contributed by atoms with Crippen LogP contribution >= 0.6 is 11.6 Å². The summed E-state index contributed by atoms with van der Waals surface area (Å²) in [5.41, 5.74) is 0.661. The second kappa shape index (κ2) is 10.5. The molecule has 0 N–H and O–H groups in total. The van der Waals surface area contributed by atoms with E-state index in [2.05, 4.69) is 5.10 Å². The molecule has 1 fully saturated rings. The van der Waals surface area contributed by atoms with E-state index in [1.165, 1.54) is 6.08 Å². The molecule has 0 aliphatic carbocycles. The van der Waals surface area contributed by atoms with Crippen molar-refractivity contribution < 1.29 is 23.8 Å². The first-order chi connectivity index (χ1) is 16.6. The number of ether oxygens (including phenoxy) is 3. The Hall–Kier alpha value is -2.68. The lowest BCUT2D eigenvalue weighted by Crippen LogP contribution is -2.44. The minimum atomic E-state index is -0.592. The van der Waals surface area contributed by atoms with Gasteiger partial charge in [0.25, 0.3) is 5.91 Å². The average molecular weight is 502 g/mol. The van der Waals surface area contributed by atoms with Gasteiger partial charge in [0.05, 0.1) is 42.9 Å². The van der Waals surface area contributed by atoms with Crippen molar-refractivity contribution in [1.82, 2.24) is 14.7 Å². The van der Waals surface area contributed by atoms with Crippen molar-refractivity contribution >= 4 is 23.3 Å². The van der Waals surface area contributed by atoms with Crippen molar-refractivity contribution in [2.75, 3.05) is 13.2 Å². The van der Waals surface area contributed by atoms with Crippen LogP contribution in [0.5, 0.6) is 5.75 Å². The summed E-state index contributed by atoms with van der Waals surface area (Å²) in [6.07, 6.45) is 3.88. The molecule has 3 heterocycles. The van der Waals surface area contributed by atoms with Crippen LogP contribution in [0.4, 0.5) is 0 Å². The number of aromatic nitrogens is 2. The summed E-state index contributed by atoms with van der Waals surface area (Å²) in [6, 6.07) is 8.36. The van der Waals surface area contributed by atoms with Crippen molar-refractivity contribution in [3.05, 3.63) is 59.1 Å². The first kappa shape index (κ1) is 25.4. The zero-order chi connectivity index (χ0) is 25.2. The first-order valence-electron chi connectivity index (χ1n) is 11.9. The number of hydrogen-bond acceptors (Lipinski definition) is 6. The molecule has 2 aliphatic heterocycles. The molecule has 2 atom stereocenters. The molecule has 2 aliphatic rings. The van der Waals surface area contributed by atoms with E-state index in [0.717, 1.165) is 0 Å². The molecule has 2 aromatic rings. The molecule has 9 heteroatoms. The van der Waals surface area contributed by atoms with Crippen LogP contribution in [0.3, 0.4) is 0 Å². The SMILES string of the molecule is CC(C)C[C@@H](C(=O)Cc1ccn(C[C@@H]2COC(C)(C)O2)n1)N1CC(Oc2ccccc2Cl)=CC1=O. The van der Waals surface area contributed by atoms with Gasteiger partial charge in [-0.25, -0.2) is 0 Å². The highest BCUT2D eigenvalue weighted by Gasteiger charge is 2.35. The van der Waals surface area contributed by atoms with Crippen LogP contribution < -0.4 is 4.74 Å². The highest BCUT2D eigenvalue weighted by molar-refractivity contribution is 6.32. The number of para-hydroxylation sites is 1. The number of amides is 1. The Morgan fingerprint density at radius 2 is 2.06 bits per heavy atom. The van der Waals surface area contributed by atoms with E-state index in [-0.39, 0.29) is 36.7 Å². The minimum absolute atomic E-state index is 0.0497. The molecule has 1 aromatic heterocycles. The summed E-state index contributed by atoms with van der Waals surface area (Å²) >= 11 is 6.19. The predicted octanol–water partition coefficient (Wildman–Crippen LogP) is 4.02. The van der Waals surface area contributed by atoms with Gasteiger partial charge >= 0.3 is 0 Å². The molecule has 188 valence electrons. The number of rotatable bonds is 10. The molecule has 0 spiro atoms. The highest BCUT2D eigenvalue weighted by atomic mass is 35.5. The van der Waals surface area contributed by atoms with Crippen LogP contribution in [0.1, 0.15) is 39.8 Å². The third-order valence-corrected chi connectivity index (χ3v) is 6.24. The summed E-state index contributed by atoms with van der Waals surface area (Å²) < 4.78 is 19.1. The molecule has 1 aromatic carbocycles. The maximum Gasteiger partial charge on any atom is 0.251 e. The van der Waals surface area contributed by atoms with Crippen molar-refractivity contribution in [3.63, 3.8) is 0 Å². The fourth-order valence-corrected chi connectivity index (χ4v) is 4.52. The largest absolute Gasteiger partial charge is 0.458 e. The number of Topliss-reactive ketones (excluding diaryl/α,β-unsaturated/α-hetero) is 1. The smallest absolute Gasteiger partial charge is 0.251 e. The Labute approximate surface area is 210 Å². The molecule has 1 amide bonds. The number of carbonyl (C=O) groups excluding carboxylic acids is 2. The fourth-order valence-electron chi connectivity index (χ4n) is 4.34. The predicted molar refractivity (Wildman–Crippen MR) is 131 cm³/mol. The lowest BCUT2D eigenvalue weighted by molar-refractivity contribution is -0.139. The summed E-state index contributed by atoms with van der Waals surface area (Å²) in [6.45, 7) is 9.11. The van der Waals surface area contributed by atoms with Crippen LogP contribution in [0.2, 0.25) is 5.02 Å². The number of hydrogen-bond donors (Lipinski definition) is 0. The van der Waals surface area contributed by atoms with Crippen LogP contribution in [0.25, 0.3) is 0 Å². The number of halogens is 1. The maximum atomic E-state index is 13.4. The molecule has 8 nitrogen and oxygen atoms in total. The normalized spacial score (nSPS) is 20.4. The molecule has 0 unspecified atom stereocenters. The molecule has 1 saturated heterocycles. The van der Waals surface area contributed by atoms with Gasteiger partial charge in [-0.1, -0.05) is 37.6 Å². The van der Waals surface area contributed by atoms with Gasteiger partial charge in [-0.05, 0) is 44.4 Å². The standard InChI is InChI=1S/C26H32ClN3O5/c1-17(2)11-22(30-15-19(13-25(30)32)34-24-8-6-5-7-21(24)27)23(31)12-18-9-10-29(28-18)14-20-16-33-26(3,4)35-20/h5-10,13,17,20,22H,11-12,14-16H2,1-4H3/t20-,22+/m1/s1. The zero-order valence-corrected chi connectivity index (χ0v) is 21.3. The van der Waals surface area contributed by atoms with Crippen LogP contribution in [-0.2, 0) is 32.0 Å². The number of ketones is 1. The van der Waals surface area contributed by atoms with Gasteiger partial charge in [0, 0.05) is 12.3 Å². The van der Waals surface area contributed by atoms with E-state index < -0.39 is 11.8 Å². The van der Waals surface area contributed by atoms with E-state index in [1.54, 1.807) is 21.7 Å². The van der Waals surface area contributed by atoms with Crippen molar-refractivity contribution in [2.24, 2.45) is 5.92 Å². The second-order valence-corrected chi connectivity index (χ2v) is 10.3.